The first-order valence-electron chi connectivity index (χ1n) is 9.71. The minimum Gasteiger partial charge on any atom is -0.325 e. The number of carbonyl (C=O) groups excluding carboxylic acids is 1. The highest BCUT2D eigenvalue weighted by Crippen LogP contribution is 2.31. The van der Waals surface area contributed by atoms with Crippen LogP contribution in [-0.4, -0.2) is 48.3 Å². The van der Waals surface area contributed by atoms with Gasteiger partial charge in [-0.25, -0.2) is 15.5 Å². The standard InChI is InChI=1S/C20H20N8OS3/c1-3-30-20-23-15-8-7-13(10-16(15)32-20)22-17(29)11-31-19-24-18(27-28-19)26-25-12(2)14-6-4-5-9-21-14/h4-10H,3,11H2,1-2H3,(H,22,29)(H2,24,26,27,28). The lowest BCUT2D eigenvalue weighted by molar-refractivity contribution is -0.113. The second-order valence-electron chi connectivity index (χ2n) is 6.42. The van der Waals surface area contributed by atoms with E-state index in [1.54, 1.807) is 29.3 Å². The number of rotatable bonds is 9. The normalized spacial score (nSPS) is 11.6. The number of nitrogens with zero attached hydrogens (tertiary/aromatic N) is 5. The highest BCUT2D eigenvalue weighted by atomic mass is 32.2. The average Bonchev–Trinajstić information content (AvgIpc) is 3.43. The maximum Gasteiger partial charge on any atom is 0.240 e. The van der Waals surface area contributed by atoms with Crippen LogP contribution in [0.1, 0.15) is 19.5 Å². The number of aromatic amines is 1. The molecule has 3 heterocycles. The van der Waals surface area contributed by atoms with Gasteiger partial charge in [0.1, 0.15) is 0 Å². The Morgan fingerprint density at radius 3 is 2.94 bits per heavy atom. The minimum absolute atomic E-state index is 0.134. The van der Waals surface area contributed by atoms with Gasteiger partial charge in [-0.2, -0.15) is 10.1 Å². The second-order valence-corrected chi connectivity index (χ2v) is 9.91. The molecule has 0 atom stereocenters. The zero-order valence-corrected chi connectivity index (χ0v) is 19.8. The number of thiazole rings is 1. The number of hydrazone groups is 1. The third-order valence-electron chi connectivity index (χ3n) is 4.08. The van der Waals surface area contributed by atoms with Gasteiger partial charge in [-0.05, 0) is 43.0 Å². The largest absolute Gasteiger partial charge is 0.325 e. The summed E-state index contributed by atoms with van der Waals surface area (Å²) in [6.07, 6.45) is 1.71. The van der Waals surface area contributed by atoms with Crippen LogP contribution in [0.4, 0.5) is 11.6 Å². The SMILES string of the molecule is CCSc1nc2ccc(NC(=O)CSc3n[nH]c(NN=C(C)c4ccccn4)n3)cc2s1. The lowest BCUT2D eigenvalue weighted by Crippen LogP contribution is -2.14. The maximum atomic E-state index is 12.3. The molecule has 0 spiro atoms. The molecule has 0 fully saturated rings. The molecule has 4 aromatic rings. The van der Waals surface area contributed by atoms with E-state index in [1.807, 2.05) is 43.3 Å². The monoisotopic (exact) mass is 484 g/mol. The van der Waals surface area contributed by atoms with Crippen LogP contribution >= 0.6 is 34.9 Å². The Morgan fingerprint density at radius 1 is 1.22 bits per heavy atom. The van der Waals surface area contributed by atoms with Crippen LogP contribution in [0.3, 0.4) is 0 Å². The Balaban J connectivity index is 1.29. The van der Waals surface area contributed by atoms with Gasteiger partial charge >= 0.3 is 0 Å². The Kier molecular flexibility index (Phi) is 7.35. The van der Waals surface area contributed by atoms with E-state index >= 15 is 0 Å². The van der Waals surface area contributed by atoms with Gasteiger partial charge in [0.05, 0.1) is 27.4 Å². The molecule has 0 aliphatic heterocycles. The lowest BCUT2D eigenvalue weighted by atomic mass is 10.3. The Bertz CT molecular complexity index is 1240. The molecule has 12 heteroatoms. The number of benzene rings is 1. The van der Waals surface area contributed by atoms with E-state index in [2.05, 4.69) is 47.9 Å². The van der Waals surface area contributed by atoms with E-state index in [0.29, 0.717) is 16.8 Å². The first-order chi connectivity index (χ1) is 15.6. The molecule has 0 aliphatic rings. The molecule has 3 aromatic heterocycles. The predicted molar refractivity (Wildman–Crippen MR) is 132 cm³/mol. The number of aromatic nitrogens is 5. The summed E-state index contributed by atoms with van der Waals surface area (Å²) in [5.74, 6) is 1.42. The van der Waals surface area contributed by atoms with Crippen molar-refractivity contribution in [3.8, 4) is 0 Å². The van der Waals surface area contributed by atoms with Crippen molar-refractivity contribution in [2.24, 2.45) is 5.10 Å². The summed E-state index contributed by atoms with van der Waals surface area (Å²) < 4.78 is 2.09. The van der Waals surface area contributed by atoms with Crippen LogP contribution < -0.4 is 10.7 Å². The Morgan fingerprint density at radius 2 is 2.12 bits per heavy atom. The predicted octanol–water partition coefficient (Wildman–Crippen LogP) is 4.49. The van der Waals surface area contributed by atoms with Crippen molar-refractivity contribution in [2.45, 2.75) is 23.3 Å². The molecule has 32 heavy (non-hydrogen) atoms. The summed E-state index contributed by atoms with van der Waals surface area (Å²) in [6.45, 7) is 3.95. The van der Waals surface area contributed by atoms with Gasteiger partial charge in [0.15, 0.2) is 4.34 Å². The number of H-pyrrole nitrogens is 1. The van der Waals surface area contributed by atoms with Gasteiger partial charge in [-0.3, -0.25) is 9.78 Å². The number of anilines is 2. The number of pyridine rings is 1. The van der Waals surface area contributed by atoms with Crippen molar-refractivity contribution in [3.63, 3.8) is 0 Å². The van der Waals surface area contributed by atoms with Crippen LogP contribution in [0.5, 0.6) is 0 Å². The second kappa shape index (κ2) is 10.6. The summed E-state index contributed by atoms with van der Waals surface area (Å²) in [5, 5.41) is 14.5. The molecule has 164 valence electrons. The number of fused-ring (bicyclic) bond motifs is 1. The molecular weight excluding hydrogens is 464 g/mol. The van der Waals surface area contributed by atoms with Crippen LogP contribution in [-0.2, 0) is 4.79 Å². The molecule has 0 radical (unpaired) electrons. The fraction of sp³-hybridized carbons (Fsp3) is 0.200. The van der Waals surface area contributed by atoms with Gasteiger partial charge in [-0.15, -0.1) is 16.4 Å². The molecule has 9 nitrogen and oxygen atoms in total. The van der Waals surface area contributed by atoms with Crippen molar-refractivity contribution >= 4 is 68.3 Å². The van der Waals surface area contributed by atoms with Gasteiger partial charge in [0, 0.05) is 11.9 Å². The van der Waals surface area contributed by atoms with Gasteiger partial charge in [-0.1, -0.05) is 36.5 Å². The van der Waals surface area contributed by atoms with Crippen LogP contribution in [0.15, 0.2) is 57.2 Å². The minimum atomic E-state index is -0.134. The molecule has 4 rings (SSSR count). The van der Waals surface area contributed by atoms with E-state index in [0.717, 1.165) is 31.7 Å². The van der Waals surface area contributed by atoms with Crippen LogP contribution in [0.2, 0.25) is 0 Å². The van der Waals surface area contributed by atoms with Crippen molar-refractivity contribution in [1.29, 1.82) is 0 Å². The number of thioether (sulfide) groups is 2. The molecule has 0 saturated carbocycles. The van der Waals surface area contributed by atoms with E-state index in [4.69, 9.17) is 0 Å². The van der Waals surface area contributed by atoms with Crippen molar-refractivity contribution in [1.82, 2.24) is 25.1 Å². The van der Waals surface area contributed by atoms with Gasteiger partial charge in [0.2, 0.25) is 17.0 Å². The Labute approximate surface area is 196 Å². The van der Waals surface area contributed by atoms with E-state index in [-0.39, 0.29) is 11.7 Å². The highest BCUT2D eigenvalue weighted by molar-refractivity contribution is 8.01. The fourth-order valence-corrected chi connectivity index (χ4v) is 5.23. The quantitative estimate of drug-likeness (QED) is 0.181. The smallest absolute Gasteiger partial charge is 0.240 e. The number of amides is 1. The summed E-state index contributed by atoms with van der Waals surface area (Å²) in [4.78, 5) is 25.4. The third-order valence-corrected chi connectivity index (χ3v) is 6.97. The number of nitrogens with one attached hydrogen (secondary N) is 3. The zero-order valence-electron chi connectivity index (χ0n) is 17.3. The molecule has 1 amide bonds. The van der Waals surface area contributed by atoms with Crippen molar-refractivity contribution in [2.75, 3.05) is 22.2 Å². The zero-order chi connectivity index (χ0) is 22.3. The molecule has 0 aliphatic carbocycles. The summed E-state index contributed by atoms with van der Waals surface area (Å²) >= 11 is 4.58. The molecule has 3 N–H and O–H groups in total. The van der Waals surface area contributed by atoms with Crippen LogP contribution in [0.25, 0.3) is 10.2 Å². The van der Waals surface area contributed by atoms with Crippen LogP contribution in [0, 0.1) is 0 Å². The molecule has 0 bridgehead atoms. The van der Waals surface area contributed by atoms with Gasteiger partial charge in [0.25, 0.3) is 0 Å². The number of hydrogen-bond donors (Lipinski definition) is 3. The molecule has 0 saturated heterocycles. The fourth-order valence-electron chi connectivity index (χ4n) is 2.63. The summed E-state index contributed by atoms with van der Waals surface area (Å²) in [5.41, 5.74) is 5.99. The molecular formula is C20H20N8OS3. The first kappa shape index (κ1) is 22.2. The first-order valence-corrected chi connectivity index (χ1v) is 12.5. The molecule has 0 unspecified atom stereocenters. The van der Waals surface area contributed by atoms with Crippen molar-refractivity contribution < 1.29 is 4.79 Å². The molecule has 1 aromatic carbocycles. The van der Waals surface area contributed by atoms with Crippen molar-refractivity contribution in [3.05, 3.63) is 48.3 Å². The summed E-state index contributed by atoms with van der Waals surface area (Å²) in [7, 11) is 0. The average molecular weight is 485 g/mol. The topological polar surface area (TPSA) is 121 Å². The van der Waals surface area contributed by atoms with E-state index in [9.17, 15) is 4.79 Å². The highest BCUT2D eigenvalue weighted by Gasteiger charge is 2.10. The van der Waals surface area contributed by atoms with Gasteiger partial charge < -0.3 is 5.32 Å². The van der Waals surface area contributed by atoms with E-state index in [1.165, 1.54) is 11.8 Å². The number of hydrogen-bond acceptors (Lipinski definition) is 10. The number of carbonyl (C=O) groups is 1. The Hall–Kier alpha value is -2.96. The lowest BCUT2D eigenvalue weighted by Gasteiger charge is -2.03. The summed E-state index contributed by atoms with van der Waals surface area (Å²) in [6, 6.07) is 11.4. The maximum absolute atomic E-state index is 12.3. The third kappa shape index (κ3) is 5.84. The van der Waals surface area contributed by atoms with E-state index < -0.39 is 0 Å².